The van der Waals surface area contributed by atoms with Gasteiger partial charge in [0.1, 0.15) is 5.69 Å². The van der Waals surface area contributed by atoms with Gasteiger partial charge in [-0.15, -0.1) is 5.10 Å². The van der Waals surface area contributed by atoms with Gasteiger partial charge in [-0.1, -0.05) is 11.6 Å². The van der Waals surface area contributed by atoms with Gasteiger partial charge in [0.25, 0.3) is 5.88 Å². The Hall–Kier alpha value is -2.39. The van der Waals surface area contributed by atoms with E-state index in [2.05, 4.69) is 32.0 Å². The predicted octanol–water partition coefficient (Wildman–Crippen LogP) is 3.39. The molecule has 3 atom stereocenters. The van der Waals surface area contributed by atoms with Crippen LogP contribution < -0.4 is 10.1 Å². The molecule has 0 amide bonds. The van der Waals surface area contributed by atoms with Gasteiger partial charge in [0.05, 0.1) is 35.9 Å². The van der Waals surface area contributed by atoms with Crippen molar-refractivity contribution in [3.8, 4) is 5.88 Å². The van der Waals surface area contributed by atoms with Crippen molar-refractivity contribution in [2.75, 3.05) is 11.9 Å². The minimum Gasteiger partial charge on any atom is -0.475 e. The van der Waals surface area contributed by atoms with Gasteiger partial charge in [-0.3, -0.25) is 4.68 Å². The molecular formula is C19H22ClN7O2. The highest BCUT2D eigenvalue weighted by Gasteiger charge is 2.37. The number of rotatable bonds is 1. The zero-order valence-electron chi connectivity index (χ0n) is 16.1. The molecule has 0 saturated carbocycles. The van der Waals surface area contributed by atoms with Gasteiger partial charge in [0.2, 0.25) is 5.95 Å². The first kappa shape index (κ1) is 17.5. The maximum absolute atomic E-state index is 6.24. The molecule has 6 heterocycles. The summed E-state index contributed by atoms with van der Waals surface area (Å²) in [7, 11) is 0. The number of fused-ring (bicyclic) bond motifs is 4. The number of anilines is 2. The Morgan fingerprint density at radius 1 is 1.21 bits per heavy atom. The van der Waals surface area contributed by atoms with E-state index in [0.29, 0.717) is 48.4 Å². The lowest BCUT2D eigenvalue weighted by atomic mass is 10.0. The molecule has 152 valence electrons. The van der Waals surface area contributed by atoms with Crippen LogP contribution in [-0.2, 0) is 11.3 Å². The van der Waals surface area contributed by atoms with Crippen LogP contribution in [0.2, 0.25) is 5.15 Å². The number of nitrogens with one attached hydrogen (secondary N) is 1. The molecule has 2 saturated heterocycles. The van der Waals surface area contributed by atoms with Crippen molar-refractivity contribution in [3.05, 3.63) is 17.0 Å². The van der Waals surface area contributed by atoms with Crippen LogP contribution >= 0.6 is 11.6 Å². The quantitative estimate of drug-likeness (QED) is 0.651. The van der Waals surface area contributed by atoms with E-state index in [1.54, 1.807) is 6.20 Å². The van der Waals surface area contributed by atoms with Gasteiger partial charge >= 0.3 is 0 Å². The maximum Gasteiger partial charge on any atom is 0.257 e. The molecule has 1 N–H and O–H groups in total. The van der Waals surface area contributed by atoms with Crippen molar-refractivity contribution in [2.24, 2.45) is 0 Å². The summed E-state index contributed by atoms with van der Waals surface area (Å²) >= 11 is 6.24. The van der Waals surface area contributed by atoms with Crippen molar-refractivity contribution in [2.45, 2.75) is 63.8 Å². The van der Waals surface area contributed by atoms with Crippen molar-refractivity contribution >= 4 is 34.3 Å². The number of aromatic nitrogens is 6. The third-order valence-electron chi connectivity index (χ3n) is 6.16. The van der Waals surface area contributed by atoms with Crippen LogP contribution in [0.15, 0.2) is 6.20 Å². The molecule has 1 unspecified atom stereocenters. The summed E-state index contributed by atoms with van der Waals surface area (Å²) in [5.74, 6) is 1.08. The summed E-state index contributed by atoms with van der Waals surface area (Å²) in [5.41, 5.74) is 2.57. The lowest BCUT2D eigenvalue weighted by Crippen LogP contribution is -2.28. The molecule has 10 heteroatoms. The fourth-order valence-electron chi connectivity index (χ4n) is 4.76. The number of ether oxygens (including phenoxy) is 2. The van der Waals surface area contributed by atoms with Gasteiger partial charge in [0.15, 0.2) is 10.8 Å². The second-order valence-electron chi connectivity index (χ2n) is 8.06. The van der Waals surface area contributed by atoms with E-state index < -0.39 is 0 Å². The van der Waals surface area contributed by atoms with Gasteiger partial charge < -0.3 is 14.8 Å². The SMILES string of the molecule is Cc1c2c(nn1C1C[C@H]3CC[C@@H](C1)O3)OCCCn1nc(Cl)c3cnc(nc31)N2. The van der Waals surface area contributed by atoms with Crippen molar-refractivity contribution in [1.82, 2.24) is 29.5 Å². The van der Waals surface area contributed by atoms with E-state index in [1.165, 1.54) is 0 Å². The van der Waals surface area contributed by atoms with Gasteiger partial charge in [-0.05, 0) is 32.6 Å². The molecule has 0 aromatic carbocycles. The fourth-order valence-corrected chi connectivity index (χ4v) is 4.98. The van der Waals surface area contributed by atoms with E-state index in [-0.39, 0.29) is 0 Å². The van der Waals surface area contributed by atoms with E-state index in [4.69, 9.17) is 26.2 Å². The lowest BCUT2D eigenvalue weighted by molar-refractivity contribution is -0.0186. The second-order valence-corrected chi connectivity index (χ2v) is 8.42. The number of hydrogen-bond donors (Lipinski definition) is 1. The number of halogens is 1. The molecule has 3 aromatic heterocycles. The topological polar surface area (TPSA) is 91.9 Å². The molecule has 3 aliphatic heterocycles. The average Bonchev–Trinajstić information content (AvgIpc) is 3.33. The summed E-state index contributed by atoms with van der Waals surface area (Å²) < 4.78 is 16.0. The molecule has 0 radical (unpaired) electrons. The van der Waals surface area contributed by atoms with Crippen molar-refractivity contribution in [3.63, 3.8) is 0 Å². The second kappa shape index (κ2) is 6.56. The molecule has 29 heavy (non-hydrogen) atoms. The minimum absolute atomic E-state index is 0.329. The molecule has 9 nitrogen and oxygen atoms in total. The standard InChI is InChI=1S/C19H22ClN7O2/c1-10-15-18(25-27(10)11-7-12-3-4-13(8-11)29-12)28-6-2-5-26-17-14(16(20)24-26)9-21-19(22-15)23-17/h9,11-13H,2-8H2,1H3,(H,21,22,23)/t11?,12-,13+. The van der Waals surface area contributed by atoms with E-state index in [1.807, 2.05) is 4.68 Å². The van der Waals surface area contributed by atoms with Crippen LogP contribution in [0.3, 0.4) is 0 Å². The Morgan fingerprint density at radius 3 is 2.86 bits per heavy atom. The smallest absolute Gasteiger partial charge is 0.257 e. The minimum atomic E-state index is 0.329. The predicted molar refractivity (Wildman–Crippen MR) is 107 cm³/mol. The summed E-state index contributed by atoms with van der Waals surface area (Å²) in [4.78, 5) is 9.09. The van der Waals surface area contributed by atoms with Crippen LogP contribution in [0.4, 0.5) is 11.6 Å². The van der Waals surface area contributed by atoms with Crippen LogP contribution in [0.5, 0.6) is 5.88 Å². The third-order valence-corrected chi connectivity index (χ3v) is 6.44. The van der Waals surface area contributed by atoms with E-state index >= 15 is 0 Å². The molecule has 0 spiro atoms. The zero-order valence-corrected chi connectivity index (χ0v) is 16.9. The summed E-state index contributed by atoms with van der Waals surface area (Å²) in [5, 5.41) is 13.7. The van der Waals surface area contributed by atoms with Crippen molar-refractivity contribution < 1.29 is 9.47 Å². The summed E-state index contributed by atoms with van der Waals surface area (Å²) in [6, 6.07) is 0.329. The van der Waals surface area contributed by atoms with E-state index in [0.717, 1.165) is 54.5 Å². The molecular weight excluding hydrogens is 394 g/mol. The number of nitrogens with zero attached hydrogens (tertiary/aromatic N) is 6. The highest BCUT2D eigenvalue weighted by molar-refractivity contribution is 6.34. The Labute approximate surface area is 172 Å². The molecule has 0 aliphatic carbocycles. The Balaban J connectivity index is 1.40. The fraction of sp³-hybridized carbons (Fsp3) is 0.579. The molecule has 6 rings (SSSR count). The van der Waals surface area contributed by atoms with Crippen LogP contribution in [0.1, 0.15) is 43.8 Å². The monoisotopic (exact) mass is 415 g/mol. The highest BCUT2D eigenvalue weighted by atomic mass is 35.5. The van der Waals surface area contributed by atoms with Gasteiger partial charge in [-0.2, -0.15) is 10.1 Å². The highest BCUT2D eigenvalue weighted by Crippen LogP contribution is 2.41. The lowest BCUT2D eigenvalue weighted by Gasteiger charge is -2.29. The molecule has 2 fully saturated rings. The summed E-state index contributed by atoms with van der Waals surface area (Å²) in [6.07, 6.45) is 7.49. The van der Waals surface area contributed by atoms with Crippen LogP contribution in [-0.4, -0.2) is 48.3 Å². The average molecular weight is 416 g/mol. The normalized spacial score (nSPS) is 26.1. The van der Waals surface area contributed by atoms with Crippen molar-refractivity contribution in [1.29, 1.82) is 0 Å². The first-order valence-electron chi connectivity index (χ1n) is 10.2. The summed E-state index contributed by atoms with van der Waals surface area (Å²) in [6.45, 7) is 3.27. The third kappa shape index (κ3) is 2.86. The number of aryl methyl sites for hydroxylation is 1. The van der Waals surface area contributed by atoms with Crippen LogP contribution in [0.25, 0.3) is 11.0 Å². The Bertz CT molecular complexity index is 1080. The first-order chi connectivity index (χ1) is 14.2. The molecule has 4 bridgehead atoms. The Morgan fingerprint density at radius 2 is 2.03 bits per heavy atom. The first-order valence-corrected chi connectivity index (χ1v) is 10.6. The Kier molecular flexibility index (Phi) is 3.95. The maximum atomic E-state index is 6.24. The zero-order chi connectivity index (χ0) is 19.5. The van der Waals surface area contributed by atoms with Gasteiger partial charge in [0, 0.05) is 19.2 Å². The van der Waals surface area contributed by atoms with Crippen LogP contribution in [0, 0.1) is 6.92 Å². The van der Waals surface area contributed by atoms with Gasteiger partial charge in [-0.25, -0.2) is 9.67 Å². The number of hydrogen-bond acceptors (Lipinski definition) is 7. The molecule has 3 aliphatic rings. The molecule has 3 aromatic rings. The van der Waals surface area contributed by atoms with E-state index in [9.17, 15) is 0 Å². The largest absolute Gasteiger partial charge is 0.475 e.